The highest BCUT2D eigenvalue weighted by molar-refractivity contribution is 5.88. The Bertz CT molecular complexity index is 1250. The summed E-state index contributed by atoms with van der Waals surface area (Å²) in [6, 6.07) is 6.64. The van der Waals surface area contributed by atoms with E-state index in [0.29, 0.717) is 19.4 Å². The summed E-state index contributed by atoms with van der Waals surface area (Å²) in [6.45, 7) is 16.4. The van der Waals surface area contributed by atoms with Crippen molar-refractivity contribution in [3.8, 4) is 0 Å². The van der Waals surface area contributed by atoms with Crippen LogP contribution in [-0.2, 0) is 19.1 Å². The van der Waals surface area contributed by atoms with E-state index in [-0.39, 0.29) is 29.7 Å². The quantitative estimate of drug-likeness (QED) is 0.158. The molecular formula is C33H47N5O4. The van der Waals surface area contributed by atoms with Crippen molar-refractivity contribution in [1.82, 2.24) is 26.1 Å². The first-order valence-electron chi connectivity index (χ1n) is 15.1. The summed E-state index contributed by atoms with van der Waals surface area (Å²) in [5.74, 6) is -0.672. The minimum Gasteiger partial charge on any atom is -0.457 e. The van der Waals surface area contributed by atoms with E-state index in [4.69, 9.17) is 4.74 Å². The Labute approximate surface area is 250 Å². The number of nitrogens with one attached hydrogen (secondary N) is 3. The second-order valence-corrected chi connectivity index (χ2v) is 11.5. The molecule has 1 aromatic carbocycles. The van der Waals surface area contributed by atoms with Crippen molar-refractivity contribution in [2.24, 2.45) is 5.92 Å². The van der Waals surface area contributed by atoms with E-state index in [1.807, 2.05) is 69.2 Å². The molecule has 9 nitrogen and oxygen atoms in total. The van der Waals surface area contributed by atoms with Gasteiger partial charge in [-0.25, -0.2) is 10.4 Å². The molecule has 9 heteroatoms. The van der Waals surface area contributed by atoms with Gasteiger partial charge in [0.1, 0.15) is 18.2 Å². The Balaban J connectivity index is 1.50. The third-order valence-corrected chi connectivity index (χ3v) is 7.49. The molecule has 1 saturated heterocycles. The molecule has 1 aliphatic heterocycles. The number of carbonyl (C=O) groups is 3. The molecule has 0 bridgehead atoms. The van der Waals surface area contributed by atoms with E-state index < -0.39 is 18.2 Å². The Morgan fingerprint density at radius 3 is 2.62 bits per heavy atom. The van der Waals surface area contributed by atoms with Crippen LogP contribution in [0.25, 0.3) is 16.8 Å². The fourth-order valence-electron chi connectivity index (χ4n) is 5.08. The summed E-state index contributed by atoms with van der Waals surface area (Å²) >= 11 is 0. The topological polar surface area (TPSA) is 113 Å². The van der Waals surface area contributed by atoms with Crippen LogP contribution in [0.2, 0.25) is 0 Å². The average Bonchev–Trinajstić information content (AvgIpc) is 2.97. The van der Waals surface area contributed by atoms with Crippen molar-refractivity contribution in [1.29, 1.82) is 0 Å². The number of carbonyl (C=O) groups excluding carboxylic acids is 3. The summed E-state index contributed by atoms with van der Waals surface area (Å²) in [4.78, 5) is 42.8. The van der Waals surface area contributed by atoms with Gasteiger partial charge in [0, 0.05) is 37.1 Å². The SMILES string of the molecule is C=CCCCCC(=O)NC(C(=O)NC(C)CN1CCCC(C(=O)OC(C)c2ccc3cnc(C=C)cc3c2)N1)C(C)C. The molecule has 0 saturated carbocycles. The molecule has 3 N–H and O–H groups in total. The average molecular weight is 578 g/mol. The Kier molecular flexibility index (Phi) is 12.7. The van der Waals surface area contributed by atoms with Gasteiger partial charge in [0.25, 0.3) is 0 Å². The standard InChI is InChI=1S/C33H47N5O4/c1-7-9-10-11-14-30(39)36-31(22(3)4)32(40)35-23(5)21-38-17-12-13-29(37-38)33(41)42-24(6)25-15-16-26-20-34-28(8-2)19-27(26)18-25/h7-8,15-16,18-20,22-24,29,31,37H,1-2,9-14,17,21H2,3-6H3,(H,35,40)(H,36,39). The van der Waals surface area contributed by atoms with Crippen LogP contribution in [0.3, 0.4) is 0 Å². The van der Waals surface area contributed by atoms with Gasteiger partial charge in [-0.2, -0.15) is 0 Å². The third-order valence-electron chi connectivity index (χ3n) is 7.49. The summed E-state index contributed by atoms with van der Waals surface area (Å²) in [7, 11) is 0. The first kappa shape index (κ1) is 32.9. The normalized spacial score (nSPS) is 17.7. The van der Waals surface area contributed by atoms with E-state index in [0.717, 1.165) is 54.3 Å². The van der Waals surface area contributed by atoms with E-state index >= 15 is 0 Å². The van der Waals surface area contributed by atoms with E-state index in [1.165, 1.54) is 0 Å². The van der Waals surface area contributed by atoms with Crippen molar-refractivity contribution in [2.75, 3.05) is 13.1 Å². The summed E-state index contributed by atoms with van der Waals surface area (Å²) in [6.07, 6.45) is 9.37. The lowest BCUT2D eigenvalue weighted by atomic mass is 10.0. The number of unbranched alkanes of at least 4 members (excludes halogenated alkanes) is 2. The van der Waals surface area contributed by atoms with Gasteiger partial charge in [0.05, 0.1) is 5.69 Å². The van der Waals surface area contributed by atoms with Gasteiger partial charge in [-0.05, 0) is 81.0 Å². The van der Waals surface area contributed by atoms with Gasteiger partial charge in [-0.15, -0.1) is 6.58 Å². The smallest absolute Gasteiger partial charge is 0.325 e. The number of rotatable bonds is 15. The number of ether oxygens (including phenoxy) is 1. The maximum atomic E-state index is 13.1. The predicted molar refractivity (Wildman–Crippen MR) is 167 cm³/mol. The molecule has 42 heavy (non-hydrogen) atoms. The molecular weight excluding hydrogens is 530 g/mol. The molecule has 1 aliphatic rings. The van der Waals surface area contributed by atoms with E-state index in [9.17, 15) is 14.4 Å². The van der Waals surface area contributed by atoms with Crippen molar-refractivity contribution in [3.05, 3.63) is 61.0 Å². The molecule has 0 aliphatic carbocycles. The number of benzene rings is 1. The zero-order valence-electron chi connectivity index (χ0n) is 25.5. The molecule has 2 aromatic rings. The van der Waals surface area contributed by atoms with Gasteiger partial charge in [-0.1, -0.05) is 38.6 Å². The van der Waals surface area contributed by atoms with E-state index in [1.54, 1.807) is 6.08 Å². The highest BCUT2D eigenvalue weighted by Crippen LogP contribution is 2.24. The molecule has 2 amide bonds. The lowest BCUT2D eigenvalue weighted by Gasteiger charge is -2.35. The molecule has 2 heterocycles. The monoisotopic (exact) mass is 577 g/mol. The van der Waals surface area contributed by atoms with Crippen LogP contribution in [0, 0.1) is 5.92 Å². The summed E-state index contributed by atoms with van der Waals surface area (Å²) in [5.41, 5.74) is 4.99. The fraction of sp³-hybridized carbons (Fsp3) is 0.515. The van der Waals surface area contributed by atoms with Crippen LogP contribution in [0.1, 0.15) is 83.6 Å². The van der Waals surface area contributed by atoms with Crippen molar-refractivity contribution in [3.63, 3.8) is 0 Å². The van der Waals surface area contributed by atoms with Crippen LogP contribution in [0.4, 0.5) is 0 Å². The number of hydrogen-bond acceptors (Lipinski definition) is 7. The number of aromatic nitrogens is 1. The maximum absolute atomic E-state index is 13.1. The Hall–Kier alpha value is -3.56. The number of esters is 1. The van der Waals surface area contributed by atoms with Gasteiger partial charge in [0.15, 0.2) is 0 Å². The first-order valence-corrected chi connectivity index (χ1v) is 15.1. The first-order chi connectivity index (χ1) is 20.1. The lowest BCUT2D eigenvalue weighted by molar-refractivity contribution is -0.154. The molecule has 1 aromatic heterocycles. The van der Waals surface area contributed by atoms with Crippen LogP contribution >= 0.6 is 0 Å². The number of nitrogens with zero attached hydrogens (tertiary/aromatic N) is 2. The Morgan fingerprint density at radius 2 is 1.90 bits per heavy atom. The number of allylic oxidation sites excluding steroid dienone is 1. The molecule has 1 fully saturated rings. The molecule has 4 unspecified atom stereocenters. The lowest BCUT2D eigenvalue weighted by Crippen LogP contribution is -2.58. The van der Waals surface area contributed by atoms with Crippen molar-refractivity contribution >= 4 is 34.6 Å². The van der Waals surface area contributed by atoms with Crippen molar-refractivity contribution in [2.45, 2.75) is 90.4 Å². The summed E-state index contributed by atoms with van der Waals surface area (Å²) < 4.78 is 5.86. The number of hydrazine groups is 1. The van der Waals surface area contributed by atoms with Crippen LogP contribution < -0.4 is 16.1 Å². The van der Waals surface area contributed by atoms with Crippen LogP contribution in [0.5, 0.6) is 0 Å². The van der Waals surface area contributed by atoms with E-state index in [2.05, 4.69) is 34.2 Å². The molecule has 0 radical (unpaired) electrons. The highest BCUT2D eigenvalue weighted by atomic mass is 16.5. The van der Waals surface area contributed by atoms with Gasteiger partial charge in [-0.3, -0.25) is 19.4 Å². The molecule has 3 rings (SSSR count). The van der Waals surface area contributed by atoms with Crippen LogP contribution in [-0.4, -0.2) is 59.0 Å². The number of amides is 2. The number of hydrogen-bond donors (Lipinski definition) is 3. The van der Waals surface area contributed by atoms with Gasteiger partial charge in [0.2, 0.25) is 11.8 Å². The number of pyridine rings is 1. The minimum atomic E-state index is -0.604. The predicted octanol–water partition coefficient (Wildman–Crippen LogP) is 4.84. The summed E-state index contributed by atoms with van der Waals surface area (Å²) in [5, 5.41) is 9.92. The zero-order valence-corrected chi connectivity index (χ0v) is 25.5. The maximum Gasteiger partial charge on any atom is 0.325 e. The van der Waals surface area contributed by atoms with Crippen molar-refractivity contribution < 1.29 is 19.1 Å². The minimum absolute atomic E-state index is 0.0492. The van der Waals surface area contributed by atoms with Crippen LogP contribution in [0.15, 0.2) is 49.7 Å². The molecule has 4 atom stereocenters. The molecule has 0 spiro atoms. The largest absolute Gasteiger partial charge is 0.457 e. The zero-order chi connectivity index (χ0) is 30.6. The third kappa shape index (κ3) is 9.77. The van der Waals surface area contributed by atoms with Gasteiger partial charge >= 0.3 is 5.97 Å². The second-order valence-electron chi connectivity index (χ2n) is 11.5. The number of fused-ring (bicyclic) bond motifs is 1. The fourth-order valence-corrected chi connectivity index (χ4v) is 5.08. The Morgan fingerprint density at radius 1 is 1.12 bits per heavy atom. The molecule has 228 valence electrons. The van der Waals surface area contributed by atoms with Gasteiger partial charge < -0.3 is 15.4 Å². The highest BCUT2D eigenvalue weighted by Gasteiger charge is 2.30. The second kappa shape index (κ2) is 16.2.